The summed E-state index contributed by atoms with van der Waals surface area (Å²) in [5.74, 6) is 0.791. The van der Waals surface area contributed by atoms with Crippen molar-refractivity contribution in [2.24, 2.45) is 16.6 Å². The summed E-state index contributed by atoms with van der Waals surface area (Å²) in [5, 5.41) is 6.68. The van der Waals surface area contributed by atoms with Crippen LogP contribution < -0.4 is 16.4 Å². The fourth-order valence-electron chi connectivity index (χ4n) is 5.92. The van der Waals surface area contributed by atoms with Gasteiger partial charge in [0.2, 0.25) is 5.91 Å². The zero-order valence-electron chi connectivity index (χ0n) is 25.5. The Balaban J connectivity index is 1.36. The molecule has 4 aromatic rings. The van der Waals surface area contributed by atoms with Crippen molar-refractivity contribution in [2.75, 3.05) is 18.4 Å². The fourth-order valence-corrected chi connectivity index (χ4v) is 5.92. The maximum Gasteiger partial charge on any atom is 0.227 e. The maximum atomic E-state index is 13.1. The molecule has 0 atom stereocenters. The predicted octanol–water partition coefficient (Wildman–Crippen LogP) is 5.56. The average molecular weight is 590 g/mol. The van der Waals surface area contributed by atoms with E-state index in [9.17, 15) is 4.79 Å². The lowest BCUT2D eigenvalue weighted by Gasteiger charge is -2.21. The fraction of sp³-hybridized carbons (Fsp3) is 0.324. The number of aromatic amines is 1. The number of imidazole rings is 2. The van der Waals surface area contributed by atoms with Gasteiger partial charge in [-0.2, -0.15) is 0 Å². The lowest BCUT2D eigenvalue weighted by molar-refractivity contribution is -0.125. The van der Waals surface area contributed by atoms with Crippen LogP contribution in [0.1, 0.15) is 68.6 Å². The van der Waals surface area contributed by atoms with E-state index in [1.807, 2.05) is 55.8 Å². The number of H-pyrrole nitrogens is 1. The van der Waals surface area contributed by atoms with Crippen LogP contribution in [0.15, 0.2) is 77.7 Å². The van der Waals surface area contributed by atoms with Crippen molar-refractivity contribution in [3.63, 3.8) is 0 Å². The molecule has 0 saturated heterocycles. The van der Waals surface area contributed by atoms with Gasteiger partial charge in [0.1, 0.15) is 11.2 Å². The number of anilines is 1. The number of carbonyl (C=O) groups is 1. The molecule has 226 valence electrons. The minimum absolute atomic E-state index is 0.0534. The lowest BCUT2D eigenvalue weighted by Crippen LogP contribution is -2.31. The van der Waals surface area contributed by atoms with Gasteiger partial charge in [0.05, 0.1) is 42.2 Å². The summed E-state index contributed by atoms with van der Waals surface area (Å²) >= 11 is 0. The number of hydrogen-bond donors (Lipinski definition) is 4. The first-order valence-electron chi connectivity index (χ1n) is 15.3. The number of aliphatic imine (C=N–C) groups is 1. The van der Waals surface area contributed by atoms with Crippen molar-refractivity contribution >= 4 is 33.9 Å². The van der Waals surface area contributed by atoms with E-state index < -0.39 is 0 Å². The molecule has 4 heterocycles. The highest BCUT2D eigenvalue weighted by Gasteiger charge is 2.23. The maximum absolute atomic E-state index is 13.1. The van der Waals surface area contributed by atoms with E-state index in [0.717, 1.165) is 87.5 Å². The summed E-state index contributed by atoms with van der Waals surface area (Å²) in [5.41, 5.74) is 15.7. The third kappa shape index (κ3) is 6.20. The first-order valence-corrected chi connectivity index (χ1v) is 15.3. The Hall–Kier alpha value is -4.99. The first-order chi connectivity index (χ1) is 21.4. The number of fused-ring (bicyclic) bond motifs is 2. The molecule has 1 aromatic carbocycles. The monoisotopic (exact) mass is 589 g/mol. The zero-order chi connectivity index (χ0) is 30.6. The molecule has 44 heavy (non-hydrogen) atoms. The van der Waals surface area contributed by atoms with Gasteiger partial charge in [-0.25, -0.2) is 9.97 Å². The smallest absolute Gasteiger partial charge is 0.227 e. The largest absolute Gasteiger partial charge is 0.404 e. The normalized spacial score (nSPS) is 16.1. The van der Waals surface area contributed by atoms with Gasteiger partial charge < -0.3 is 25.9 Å². The SMILES string of the molecule is CC(C)=C/C(=C\C(=C/N)c1ccc2c(c1)C(c1nc3c(-n4cnc(C)c4)cncc3[nH]1)=NCCN2)NC(=O)C1CCCCC1. The van der Waals surface area contributed by atoms with Crippen LogP contribution in [0.2, 0.25) is 0 Å². The van der Waals surface area contributed by atoms with Crippen LogP contribution in [0, 0.1) is 12.8 Å². The number of benzene rings is 1. The Labute approximate surface area is 257 Å². The highest BCUT2D eigenvalue weighted by Crippen LogP contribution is 2.29. The van der Waals surface area contributed by atoms with E-state index >= 15 is 0 Å². The van der Waals surface area contributed by atoms with Gasteiger partial charge in [-0.3, -0.25) is 14.8 Å². The second-order valence-corrected chi connectivity index (χ2v) is 11.7. The first kappa shape index (κ1) is 29.1. The van der Waals surface area contributed by atoms with Crippen molar-refractivity contribution in [2.45, 2.75) is 52.9 Å². The number of nitrogens with zero attached hydrogens (tertiary/aromatic N) is 5. The number of hydrogen-bond acceptors (Lipinski definition) is 7. The summed E-state index contributed by atoms with van der Waals surface area (Å²) in [6.45, 7) is 7.29. The van der Waals surface area contributed by atoms with Crippen molar-refractivity contribution in [1.82, 2.24) is 29.8 Å². The molecule has 1 aliphatic heterocycles. The van der Waals surface area contributed by atoms with Crippen LogP contribution in [0.4, 0.5) is 5.69 Å². The standard InChI is InChI=1S/C34H39N9O/c1-21(2)13-26(40-34(44)23-7-5-4-6-8-23)14-25(16-35)24-9-10-28-27(15-24)31(38-12-11-37-28)33-41-29-17-36-18-30(32(29)42-33)43-19-22(3)39-20-43/h9-10,13-20,23,37H,4-8,11-12,35H2,1-3H3,(H,40,44)(H,41,42)/b25-16+,26-14+. The lowest BCUT2D eigenvalue weighted by atomic mass is 9.88. The van der Waals surface area contributed by atoms with E-state index in [1.165, 1.54) is 6.42 Å². The molecule has 1 aliphatic carbocycles. The third-order valence-corrected chi connectivity index (χ3v) is 8.07. The van der Waals surface area contributed by atoms with E-state index in [0.29, 0.717) is 18.9 Å². The highest BCUT2D eigenvalue weighted by atomic mass is 16.1. The third-order valence-electron chi connectivity index (χ3n) is 8.07. The molecule has 10 heteroatoms. The molecule has 1 amide bonds. The summed E-state index contributed by atoms with van der Waals surface area (Å²) in [6.07, 6.45) is 18.1. The van der Waals surface area contributed by atoms with E-state index in [2.05, 4.69) is 31.7 Å². The number of benzodiazepines with no additional fused rings is 1. The van der Waals surface area contributed by atoms with Crippen LogP contribution in [-0.4, -0.2) is 49.2 Å². The van der Waals surface area contributed by atoms with Crippen molar-refractivity contribution in [3.05, 3.63) is 95.4 Å². The van der Waals surface area contributed by atoms with E-state index in [1.54, 1.807) is 24.9 Å². The second kappa shape index (κ2) is 12.7. The van der Waals surface area contributed by atoms with Crippen LogP contribution >= 0.6 is 0 Å². The zero-order valence-corrected chi connectivity index (χ0v) is 25.5. The summed E-state index contributed by atoms with van der Waals surface area (Å²) in [4.78, 5) is 35.3. The average Bonchev–Trinajstić information content (AvgIpc) is 3.60. The van der Waals surface area contributed by atoms with Crippen LogP contribution in [-0.2, 0) is 4.79 Å². The molecule has 10 nitrogen and oxygen atoms in total. The number of amides is 1. The summed E-state index contributed by atoms with van der Waals surface area (Å²) in [7, 11) is 0. The molecule has 0 bridgehead atoms. The quantitative estimate of drug-likeness (QED) is 0.208. The van der Waals surface area contributed by atoms with Gasteiger partial charge in [-0.05, 0) is 69.0 Å². The Kier molecular flexibility index (Phi) is 8.40. The number of aryl methyl sites for hydroxylation is 1. The summed E-state index contributed by atoms with van der Waals surface area (Å²) in [6, 6.07) is 6.17. The number of nitrogens with one attached hydrogen (secondary N) is 3. The molecular formula is C34H39N9O. The Bertz CT molecular complexity index is 1810. The molecule has 0 radical (unpaired) electrons. The van der Waals surface area contributed by atoms with Gasteiger partial charge in [0.15, 0.2) is 5.82 Å². The Morgan fingerprint density at radius 1 is 1.14 bits per heavy atom. The molecule has 3 aromatic heterocycles. The molecule has 5 N–H and O–H groups in total. The number of aromatic nitrogens is 5. The van der Waals surface area contributed by atoms with Crippen molar-refractivity contribution in [1.29, 1.82) is 0 Å². The van der Waals surface area contributed by atoms with Crippen molar-refractivity contribution < 1.29 is 4.79 Å². The second-order valence-electron chi connectivity index (χ2n) is 11.7. The minimum atomic E-state index is 0.0534. The molecule has 0 spiro atoms. The molecule has 6 rings (SSSR count). The molecular weight excluding hydrogens is 550 g/mol. The number of nitrogens with two attached hydrogens (primary N) is 1. The minimum Gasteiger partial charge on any atom is -0.404 e. The van der Waals surface area contributed by atoms with Gasteiger partial charge in [-0.1, -0.05) is 30.9 Å². The number of rotatable bonds is 7. The van der Waals surface area contributed by atoms with Gasteiger partial charge in [-0.15, -0.1) is 0 Å². The Morgan fingerprint density at radius 2 is 1.98 bits per heavy atom. The van der Waals surface area contributed by atoms with Crippen LogP contribution in [0.3, 0.4) is 0 Å². The summed E-state index contributed by atoms with van der Waals surface area (Å²) < 4.78 is 1.93. The number of carbonyl (C=O) groups excluding carboxylic acids is 1. The Morgan fingerprint density at radius 3 is 2.73 bits per heavy atom. The number of allylic oxidation sites excluding steroid dienone is 4. The van der Waals surface area contributed by atoms with Gasteiger partial charge in [0.25, 0.3) is 0 Å². The van der Waals surface area contributed by atoms with Gasteiger partial charge >= 0.3 is 0 Å². The number of pyridine rings is 1. The van der Waals surface area contributed by atoms with E-state index in [-0.39, 0.29) is 11.8 Å². The molecule has 1 fully saturated rings. The molecule has 0 unspecified atom stereocenters. The van der Waals surface area contributed by atoms with Crippen molar-refractivity contribution in [3.8, 4) is 5.69 Å². The van der Waals surface area contributed by atoms with Gasteiger partial charge in [0, 0.05) is 41.8 Å². The van der Waals surface area contributed by atoms with E-state index in [4.69, 9.17) is 15.7 Å². The highest BCUT2D eigenvalue weighted by molar-refractivity contribution is 6.15. The predicted molar refractivity (Wildman–Crippen MR) is 176 cm³/mol. The molecule has 1 saturated carbocycles. The van der Waals surface area contributed by atoms with Crippen LogP contribution in [0.5, 0.6) is 0 Å². The molecule has 2 aliphatic rings. The van der Waals surface area contributed by atoms with Crippen LogP contribution in [0.25, 0.3) is 22.3 Å². The topological polar surface area (TPSA) is 139 Å².